The summed E-state index contributed by atoms with van der Waals surface area (Å²) in [5.74, 6) is 0.309. The molecule has 30 heavy (non-hydrogen) atoms. The number of Topliss-reactive ketones (excluding diaryl/α,β-unsaturated/α-hetero) is 1. The van der Waals surface area contributed by atoms with Crippen molar-refractivity contribution in [1.82, 2.24) is 23.1 Å². The molecule has 0 saturated carbocycles. The van der Waals surface area contributed by atoms with Crippen LogP contribution in [0.15, 0.2) is 27.8 Å². The maximum atomic E-state index is 13.4. The van der Waals surface area contributed by atoms with E-state index in [4.69, 9.17) is 4.98 Å². The summed E-state index contributed by atoms with van der Waals surface area (Å²) >= 11 is 0. The minimum Gasteiger partial charge on any atom is -0.298 e. The molecule has 0 unspecified atom stereocenters. The van der Waals surface area contributed by atoms with Gasteiger partial charge in [0.1, 0.15) is 0 Å². The smallest absolute Gasteiger partial charge is 0.298 e. The first-order valence-corrected chi connectivity index (χ1v) is 9.86. The molecule has 0 spiro atoms. The van der Waals surface area contributed by atoms with Crippen molar-refractivity contribution >= 4 is 22.7 Å². The van der Waals surface area contributed by atoms with Gasteiger partial charge < -0.3 is 0 Å². The van der Waals surface area contributed by atoms with E-state index < -0.39 is 17.3 Å². The Morgan fingerprint density at radius 2 is 1.73 bits per heavy atom. The first-order valence-electron chi connectivity index (χ1n) is 9.86. The first-order chi connectivity index (χ1) is 14.1. The molecule has 0 N–H and O–H groups in total. The first kappa shape index (κ1) is 19.9. The molecule has 3 heterocycles. The van der Waals surface area contributed by atoms with E-state index in [0.717, 1.165) is 32.8 Å². The van der Waals surface area contributed by atoms with Crippen LogP contribution in [-0.4, -0.2) is 28.9 Å². The molecule has 8 heteroatoms. The lowest BCUT2D eigenvalue weighted by molar-refractivity contribution is -0.119. The zero-order valence-corrected chi connectivity index (χ0v) is 18.3. The molecule has 3 aromatic heterocycles. The van der Waals surface area contributed by atoms with E-state index >= 15 is 0 Å². The number of aryl methyl sites for hydroxylation is 3. The summed E-state index contributed by atoms with van der Waals surface area (Å²) in [6.07, 6.45) is 0. The third-order valence-corrected chi connectivity index (χ3v) is 6.26. The highest BCUT2D eigenvalue weighted by Gasteiger charge is 2.26. The van der Waals surface area contributed by atoms with Crippen LogP contribution in [0.25, 0.3) is 22.6 Å². The van der Waals surface area contributed by atoms with Gasteiger partial charge in [0.25, 0.3) is 5.56 Å². The fourth-order valence-electron chi connectivity index (χ4n) is 4.01. The van der Waals surface area contributed by atoms with Gasteiger partial charge in [-0.2, -0.15) is 4.98 Å². The Hall–Kier alpha value is -3.42. The van der Waals surface area contributed by atoms with Crippen LogP contribution in [0.3, 0.4) is 0 Å². The average molecular weight is 407 g/mol. The van der Waals surface area contributed by atoms with Crippen molar-refractivity contribution < 1.29 is 4.79 Å². The largest absolute Gasteiger partial charge is 0.333 e. The van der Waals surface area contributed by atoms with Gasteiger partial charge in [-0.15, -0.1) is 0 Å². The third-order valence-electron chi connectivity index (χ3n) is 6.26. The van der Waals surface area contributed by atoms with Gasteiger partial charge in [-0.05, 0) is 58.7 Å². The van der Waals surface area contributed by atoms with Gasteiger partial charge >= 0.3 is 5.69 Å². The summed E-state index contributed by atoms with van der Waals surface area (Å²) in [7, 11) is 1.57. The van der Waals surface area contributed by atoms with Crippen molar-refractivity contribution in [2.75, 3.05) is 0 Å². The quantitative estimate of drug-likeness (QED) is 0.522. The van der Waals surface area contributed by atoms with Crippen LogP contribution >= 0.6 is 0 Å². The highest BCUT2D eigenvalue weighted by atomic mass is 16.2. The molecule has 1 atom stereocenters. The van der Waals surface area contributed by atoms with E-state index in [9.17, 15) is 14.4 Å². The lowest BCUT2D eigenvalue weighted by atomic mass is 10.1. The Bertz CT molecular complexity index is 1480. The standard InChI is InChI=1S/C22H25N5O3/c1-11-9-8-10-17(12(11)2)25-13(3)14(4)26-18-19(23-21(25)26)24(7)22(30)27(20(18)29)15(5)16(6)28/h8-10,15H,1-7H3/t15-/m1/s1. The number of fused-ring (bicyclic) bond motifs is 3. The Labute approximate surface area is 173 Å². The molecular weight excluding hydrogens is 382 g/mol. The summed E-state index contributed by atoms with van der Waals surface area (Å²) in [5.41, 5.74) is 4.58. The van der Waals surface area contributed by atoms with Crippen LogP contribution in [0, 0.1) is 27.7 Å². The summed E-state index contributed by atoms with van der Waals surface area (Å²) in [6, 6.07) is 5.20. The summed E-state index contributed by atoms with van der Waals surface area (Å²) in [6.45, 7) is 10.9. The molecule has 4 aromatic rings. The van der Waals surface area contributed by atoms with Crippen LogP contribution in [0.4, 0.5) is 0 Å². The molecule has 4 rings (SSSR count). The Morgan fingerprint density at radius 3 is 2.37 bits per heavy atom. The molecule has 0 radical (unpaired) electrons. The van der Waals surface area contributed by atoms with E-state index in [1.807, 2.05) is 30.5 Å². The lowest BCUT2D eigenvalue weighted by Crippen LogP contribution is -2.42. The van der Waals surface area contributed by atoms with Crippen LogP contribution in [0.2, 0.25) is 0 Å². The maximum Gasteiger partial charge on any atom is 0.333 e. The summed E-state index contributed by atoms with van der Waals surface area (Å²) in [5, 5.41) is 0. The van der Waals surface area contributed by atoms with E-state index in [1.165, 1.54) is 11.5 Å². The topological polar surface area (TPSA) is 83.3 Å². The molecule has 8 nitrogen and oxygen atoms in total. The molecule has 0 aliphatic heterocycles. The van der Waals surface area contributed by atoms with Crippen LogP contribution < -0.4 is 11.2 Å². The molecule has 0 amide bonds. The van der Waals surface area contributed by atoms with Crippen molar-refractivity contribution in [3.05, 3.63) is 61.6 Å². The monoisotopic (exact) mass is 407 g/mol. The highest BCUT2D eigenvalue weighted by Crippen LogP contribution is 2.27. The van der Waals surface area contributed by atoms with Crippen LogP contribution in [-0.2, 0) is 11.8 Å². The molecule has 156 valence electrons. The van der Waals surface area contributed by atoms with Crippen LogP contribution in [0.5, 0.6) is 0 Å². The van der Waals surface area contributed by atoms with Gasteiger partial charge in [-0.1, -0.05) is 12.1 Å². The predicted octanol–water partition coefficient (Wildman–Crippen LogP) is 2.52. The Kier molecular flexibility index (Phi) is 4.34. The van der Waals surface area contributed by atoms with Gasteiger partial charge in [-0.3, -0.25) is 23.1 Å². The zero-order valence-electron chi connectivity index (χ0n) is 18.3. The van der Waals surface area contributed by atoms with Gasteiger partial charge in [-0.25, -0.2) is 9.36 Å². The van der Waals surface area contributed by atoms with Gasteiger partial charge in [0, 0.05) is 18.4 Å². The van der Waals surface area contributed by atoms with Gasteiger partial charge in [0.05, 0.1) is 11.7 Å². The van der Waals surface area contributed by atoms with Crippen LogP contribution in [0.1, 0.15) is 42.4 Å². The number of rotatable bonds is 3. The molecule has 0 fully saturated rings. The zero-order chi connectivity index (χ0) is 22.1. The fourth-order valence-corrected chi connectivity index (χ4v) is 4.01. The number of benzene rings is 1. The lowest BCUT2D eigenvalue weighted by Gasteiger charge is -2.13. The SMILES string of the molecule is CC(=O)[C@@H](C)n1c(=O)c2c(nc3n(-c4cccc(C)c4C)c(C)c(C)n23)n(C)c1=O. The van der Waals surface area contributed by atoms with E-state index in [-0.39, 0.29) is 5.78 Å². The van der Waals surface area contributed by atoms with Crippen molar-refractivity contribution in [2.45, 2.75) is 47.6 Å². The van der Waals surface area contributed by atoms with E-state index in [0.29, 0.717) is 16.9 Å². The number of carbonyl (C=O) groups excluding carboxylic acids is 1. The second kappa shape index (κ2) is 6.55. The van der Waals surface area contributed by atoms with Crippen molar-refractivity contribution in [2.24, 2.45) is 7.05 Å². The van der Waals surface area contributed by atoms with Gasteiger partial charge in [0.15, 0.2) is 16.9 Å². The number of ketones is 1. The molecule has 0 aliphatic carbocycles. The minimum atomic E-state index is -0.853. The van der Waals surface area contributed by atoms with Crippen molar-refractivity contribution in [3.8, 4) is 5.69 Å². The maximum absolute atomic E-state index is 13.4. The van der Waals surface area contributed by atoms with Gasteiger partial charge in [0.2, 0.25) is 5.78 Å². The number of aromatic nitrogens is 5. The number of imidazole rings is 2. The summed E-state index contributed by atoms with van der Waals surface area (Å²) in [4.78, 5) is 42.9. The third kappa shape index (κ3) is 2.46. The van der Waals surface area contributed by atoms with Crippen molar-refractivity contribution in [3.63, 3.8) is 0 Å². The Morgan fingerprint density at radius 1 is 1.07 bits per heavy atom. The Balaban J connectivity index is 2.23. The second-order valence-electron chi connectivity index (χ2n) is 7.95. The minimum absolute atomic E-state index is 0.254. The number of hydrogen-bond donors (Lipinski definition) is 0. The molecule has 0 aliphatic rings. The average Bonchev–Trinajstić information content (AvgIpc) is 3.19. The summed E-state index contributed by atoms with van der Waals surface area (Å²) < 4.78 is 6.16. The highest BCUT2D eigenvalue weighted by molar-refractivity contribution is 5.81. The number of carbonyl (C=O) groups is 1. The molecule has 0 saturated heterocycles. The molecule has 0 bridgehead atoms. The molecular formula is C22H25N5O3. The number of nitrogens with zero attached hydrogens (tertiary/aromatic N) is 5. The van der Waals surface area contributed by atoms with E-state index in [2.05, 4.69) is 19.9 Å². The van der Waals surface area contributed by atoms with E-state index in [1.54, 1.807) is 18.4 Å². The molecule has 1 aromatic carbocycles. The predicted molar refractivity (Wildman–Crippen MR) is 116 cm³/mol. The number of hydrogen-bond acceptors (Lipinski definition) is 4. The normalized spacial score (nSPS) is 12.8. The second-order valence-corrected chi connectivity index (χ2v) is 7.95. The van der Waals surface area contributed by atoms with Crippen molar-refractivity contribution in [1.29, 1.82) is 0 Å². The fraction of sp³-hybridized carbons (Fsp3) is 0.364.